The fraction of sp³-hybridized carbons (Fsp3) is 0.500. The Morgan fingerprint density at radius 2 is 0.768 bits per heavy atom. The summed E-state index contributed by atoms with van der Waals surface area (Å²) in [5.74, 6) is -2.20. The average Bonchev–Trinajstić information content (AvgIpc) is 4.14. The number of benzene rings is 4. The van der Waals surface area contributed by atoms with Crippen molar-refractivity contribution in [1.82, 2.24) is 51.5 Å². The van der Waals surface area contributed by atoms with Gasteiger partial charge in [0.15, 0.2) is 0 Å². The summed E-state index contributed by atoms with van der Waals surface area (Å²) in [5.41, 5.74) is 3.66. The first kappa shape index (κ1) is 60.7. The van der Waals surface area contributed by atoms with Gasteiger partial charge in [0.2, 0.25) is 47.3 Å². The zero-order valence-corrected chi connectivity index (χ0v) is 48.1. The second kappa shape index (κ2) is 29.5. The Kier molecular flexibility index (Phi) is 21.8. The first-order valence-corrected chi connectivity index (χ1v) is 29.7. The number of likely N-dealkylation sites (N-methyl/N-ethyl adjacent to an activating group) is 2. The van der Waals surface area contributed by atoms with Gasteiger partial charge in [-0.2, -0.15) is 0 Å². The molecule has 4 aromatic rings. The Labute approximate surface area is 483 Å². The quantitative estimate of drug-likeness (QED) is 0.0527. The van der Waals surface area contributed by atoms with Gasteiger partial charge in [0.05, 0.1) is 24.2 Å². The van der Waals surface area contributed by atoms with Crippen LogP contribution in [0.2, 0.25) is 0 Å². The van der Waals surface area contributed by atoms with Crippen LogP contribution in [0.25, 0.3) is 0 Å². The van der Waals surface area contributed by atoms with Gasteiger partial charge in [0.25, 0.3) is 0 Å². The molecule has 4 aliphatic heterocycles. The van der Waals surface area contributed by atoms with Crippen molar-refractivity contribution in [3.8, 4) is 0 Å². The van der Waals surface area contributed by atoms with Gasteiger partial charge in [-0.05, 0) is 102 Å². The molecule has 6 N–H and O–H groups in total. The summed E-state index contributed by atoms with van der Waals surface area (Å²) in [6, 6.07) is 32.7. The molecule has 82 heavy (non-hydrogen) atoms. The standard InChI is InChI=1S/C64H84N10O8/c1-43(65-3)59(77)67-51-41-71(39-37-49-33-35-53(73(49)63(51)81)61(79)69-57(45-23-13-9-14-24-45)46-25-15-10-16-26-46)55(75)31-21-7-5-6-8-22-32-56(76)72-40-38-50-34-36-54(74(50)64(82)52(42-72)68-60(78)44(2)66-4)62(80)70-58(47-27-17-11-18-28-47)48-29-19-12-20-30-48/h9-20,23-30,43-44,49-54,57-58,65-66H,5-8,21-22,31-42H2,1-4H3,(H,67,77)(H,68,78)(H,69,79)(H,70,80)/t43-,44-,49?,50?,51-,52-,53-,54-/m0/s1. The van der Waals surface area contributed by atoms with Crippen molar-refractivity contribution in [1.29, 1.82) is 0 Å². The molecular formula is C64H84N10O8. The molecule has 8 amide bonds. The van der Waals surface area contributed by atoms with E-state index < -0.39 is 48.3 Å². The van der Waals surface area contributed by atoms with Crippen LogP contribution in [-0.4, -0.2) is 155 Å². The molecule has 0 bridgehead atoms. The summed E-state index contributed by atoms with van der Waals surface area (Å²) in [5, 5.41) is 18.2. The SMILES string of the molecule is CN[C@@H](C)C(=O)N[C@H]1CN(C(=O)CCCCCCCCC(=O)N2CCC3CC[C@@H](C(=O)NC(c4ccccc4)c4ccccc4)N3C(=O)[C@@H](NC(=O)[C@H](C)NC)C2)CCC2CC[C@@H](C(=O)NC(c3ccccc3)c3ccccc3)N2C1=O. The topological polar surface area (TPSA) is 222 Å². The Morgan fingerprint density at radius 1 is 0.451 bits per heavy atom. The lowest BCUT2D eigenvalue weighted by atomic mass is 9.98. The van der Waals surface area contributed by atoms with Crippen LogP contribution in [0.3, 0.4) is 0 Å². The fourth-order valence-electron chi connectivity index (χ4n) is 12.1. The number of nitrogens with zero attached hydrogens (tertiary/aromatic N) is 4. The largest absolute Gasteiger partial charge is 0.343 e. The number of carbonyl (C=O) groups excluding carboxylic acids is 8. The van der Waals surface area contributed by atoms with Crippen molar-refractivity contribution >= 4 is 47.3 Å². The number of hydrogen-bond donors (Lipinski definition) is 6. The van der Waals surface area contributed by atoms with Crippen molar-refractivity contribution in [3.63, 3.8) is 0 Å². The summed E-state index contributed by atoms with van der Waals surface area (Å²) in [6.45, 7) is 4.16. The molecule has 4 aromatic carbocycles. The van der Waals surface area contributed by atoms with E-state index in [1.165, 1.54) is 0 Å². The molecular weight excluding hydrogens is 1040 g/mol. The number of fused-ring (bicyclic) bond motifs is 2. The van der Waals surface area contributed by atoms with Crippen LogP contribution in [0.4, 0.5) is 0 Å². The molecule has 0 radical (unpaired) electrons. The smallest absolute Gasteiger partial charge is 0.247 e. The van der Waals surface area contributed by atoms with Crippen LogP contribution in [0.1, 0.15) is 138 Å². The molecule has 8 rings (SSSR count). The molecule has 4 fully saturated rings. The molecule has 2 unspecified atom stereocenters. The summed E-state index contributed by atoms with van der Waals surface area (Å²) in [6.07, 6.45) is 8.26. The second-order valence-electron chi connectivity index (χ2n) is 22.5. The number of rotatable bonds is 23. The maximum atomic E-state index is 14.7. The lowest BCUT2D eigenvalue weighted by Gasteiger charge is -2.39. The normalized spacial score (nSPS) is 21.8. The third kappa shape index (κ3) is 15.4. The van der Waals surface area contributed by atoms with Crippen molar-refractivity contribution in [3.05, 3.63) is 144 Å². The minimum atomic E-state index is -1.04. The van der Waals surface area contributed by atoms with Gasteiger partial charge in [0.1, 0.15) is 24.2 Å². The molecule has 438 valence electrons. The molecule has 8 atom stereocenters. The van der Waals surface area contributed by atoms with E-state index in [1.807, 2.05) is 121 Å². The van der Waals surface area contributed by atoms with Crippen molar-refractivity contribution in [2.75, 3.05) is 40.3 Å². The van der Waals surface area contributed by atoms with Gasteiger partial charge in [0, 0.05) is 51.1 Å². The van der Waals surface area contributed by atoms with Gasteiger partial charge in [-0.15, -0.1) is 0 Å². The van der Waals surface area contributed by atoms with Crippen LogP contribution in [0.5, 0.6) is 0 Å². The van der Waals surface area contributed by atoms with Crippen molar-refractivity contribution in [2.24, 2.45) is 0 Å². The number of amides is 8. The third-order valence-corrected chi connectivity index (χ3v) is 17.1. The van der Waals surface area contributed by atoms with Gasteiger partial charge < -0.3 is 51.5 Å². The summed E-state index contributed by atoms with van der Waals surface area (Å²) < 4.78 is 0. The lowest BCUT2D eigenvalue weighted by Crippen LogP contribution is -2.62. The summed E-state index contributed by atoms with van der Waals surface area (Å²) in [7, 11) is 3.33. The molecule has 4 saturated heterocycles. The molecule has 4 aliphatic rings. The summed E-state index contributed by atoms with van der Waals surface area (Å²) >= 11 is 0. The van der Waals surface area contributed by atoms with Crippen LogP contribution in [-0.2, 0) is 38.4 Å². The predicted molar refractivity (Wildman–Crippen MR) is 313 cm³/mol. The molecule has 18 heteroatoms. The highest BCUT2D eigenvalue weighted by atomic mass is 16.2. The van der Waals surface area contributed by atoms with Crippen LogP contribution in [0.15, 0.2) is 121 Å². The third-order valence-electron chi connectivity index (χ3n) is 17.1. The highest BCUT2D eigenvalue weighted by molar-refractivity contribution is 5.96. The van der Waals surface area contributed by atoms with E-state index in [0.717, 1.165) is 47.9 Å². The van der Waals surface area contributed by atoms with E-state index in [0.29, 0.717) is 64.5 Å². The number of hydrogen-bond acceptors (Lipinski definition) is 10. The molecule has 4 heterocycles. The zero-order valence-electron chi connectivity index (χ0n) is 48.1. The van der Waals surface area contributed by atoms with E-state index in [4.69, 9.17) is 0 Å². The van der Waals surface area contributed by atoms with Gasteiger partial charge in [-0.1, -0.05) is 147 Å². The van der Waals surface area contributed by atoms with E-state index in [9.17, 15) is 38.4 Å². The number of nitrogens with one attached hydrogen (secondary N) is 6. The van der Waals surface area contributed by atoms with Gasteiger partial charge >= 0.3 is 0 Å². The molecule has 0 aromatic heterocycles. The molecule has 0 aliphatic carbocycles. The Hall–Kier alpha value is -7.44. The molecule has 0 saturated carbocycles. The molecule has 0 spiro atoms. The minimum absolute atomic E-state index is 0.00318. The first-order chi connectivity index (χ1) is 39.8. The van der Waals surface area contributed by atoms with E-state index in [-0.39, 0.29) is 85.3 Å². The van der Waals surface area contributed by atoms with E-state index in [2.05, 4.69) is 31.9 Å². The monoisotopic (exact) mass is 1120 g/mol. The Morgan fingerprint density at radius 3 is 1.09 bits per heavy atom. The van der Waals surface area contributed by atoms with Crippen molar-refractivity contribution < 1.29 is 38.4 Å². The highest BCUT2D eigenvalue weighted by Gasteiger charge is 2.48. The number of unbranched alkanes of at least 4 members (excludes halogenated alkanes) is 5. The van der Waals surface area contributed by atoms with Crippen LogP contribution in [0, 0.1) is 0 Å². The van der Waals surface area contributed by atoms with E-state index >= 15 is 0 Å². The molecule has 18 nitrogen and oxygen atoms in total. The maximum absolute atomic E-state index is 14.7. The van der Waals surface area contributed by atoms with Gasteiger partial charge in [-0.3, -0.25) is 38.4 Å². The maximum Gasteiger partial charge on any atom is 0.247 e. The first-order valence-electron chi connectivity index (χ1n) is 29.7. The highest BCUT2D eigenvalue weighted by Crippen LogP contribution is 2.33. The minimum Gasteiger partial charge on any atom is -0.343 e. The zero-order chi connectivity index (χ0) is 58.1. The Bertz CT molecular complexity index is 2520. The average molecular weight is 1120 g/mol. The van der Waals surface area contributed by atoms with Crippen LogP contribution < -0.4 is 31.9 Å². The Balaban J connectivity index is 0.817. The number of carbonyl (C=O) groups is 8. The summed E-state index contributed by atoms with van der Waals surface area (Å²) in [4.78, 5) is 119. The van der Waals surface area contributed by atoms with Crippen LogP contribution >= 0.6 is 0 Å². The predicted octanol–water partition coefficient (Wildman–Crippen LogP) is 5.29. The van der Waals surface area contributed by atoms with E-state index in [1.54, 1.807) is 47.5 Å². The van der Waals surface area contributed by atoms with Crippen molar-refractivity contribution in [2.45, 2.75) is 164 Å². The second-order valence-corrected chi connectivity index (χ2v) is 22.5. The van der Waals surface area contributed by atoms with Gasteiger partial charge in [-0.25, -0.2) is 0 Å². The fourth-order valence-corrected chi connectivity index (χ4v) is 12.1. The lowest BCUT2D eigenvalue weighted by molar-refractivity contribution is -0.147.